The van der Waals surface area contributed by atoms with E-state index in [9.17, 15) is 0 Å². The van der Waals surface area contributed by atoms with Crippen LogP contribution in [0, 0.1) is 0 Å². The topological polar surface area (TPSA) is 0 Å². The molecule has 0 saturated heterocycles. The second-order valence-electron chi connectivity index (χ2n) is 6.34. The summed E-state index contributed by atoms with van der Waals surface area (Å²) < 4.78 is 0. The Bertz CT molecular complexity index is 1130. The van der Waals surface area contributed by atoms with Crippen molar-refractivity contribution in [2.75, 3.05) is 0 Å². The standard InChI is InChI=1S/C25H20/c1-5-10-18(11-6-2)24-21-13-8-7-12-20(21)22-15-9-14-19-16(3)17(4)23(24)25(19)22/h5-15H,1,3-4H2,2H3. The van der Waals surface area contributed by atoms with E-state index in [1.165, 1.54) is 38.2 Å². The van der Waals surface area contributed by atoms with E-state index in [2.05, 4.69) is 80.4 Å². The van der Waals surface area contributed by atoms with Crippen LogP contribution in [0.3, 0.4) is 0 Å². The van der Waals surface area contributed by atoms with Crippen LogP contribution in [-0.4, -0.2) is 0 Å². The van der Waals surface area contributed by atoms with Crippen LogP contribution < -0.4 is 0 Å². The molecule has 25 heavy (non-hydrogen) atoms. The maximum absolute atomic E-state index is 4.37. The predicted octanol–water partition coefficient (Wildman–Crippen LogP) is 7.18. The number of hydrogen-bond donors (Lipinski definition) is 0. The molecule has 0 bridgehead atoms. The van der Waals surface area contributed by atoms with Crippen LogP contribution in [0.5, 0.6) is 0 Å². The lowest BCUT2D eigenvalue weighted by Gasteiger charge is -2.16. The molecule has 0 unspecified atom stereocenters. The average molecular weight is 320 g/mol. The van der Waals surface area contributed by atoms with Crippen LogP contribution >= 0.6 is 0 Å². The Morgan fingerprint density at radius 3 is 2.32 bits per heavy atom. The molecule has 0 aromatic heterocycles. The highest BCUT2D eigenvalue weighted by atomic mass is 14.3. The predicted molar refractivity (Wildman–Crippen MR) is 113 cm³/mol. The molecule has 3 aromatic rings. The summed E-state index contributed by atoms with van der Waals surface area (Å²) in [5.74, 6) is 0. The lowest BCUT2D eigenvalue weighted by atomic mass is 9.87. The Labute approximate surface area is 148 Å². The first-order valence-corrected chi connectivity index (χ1v) is 8.51. The molecule has 0 heterocycles. The van der Waals surface area contributed by atoms with Crippen molar-refractivity contribution in [1.29, 1.82) is 0 Å². The fraction of sp³-hybridized carbons (Fsp3) is 0.0400. The second-order valence-corrected chi connectivity index (χ2v) is 6.34. The van der Waals surface area contributed by atoms with Crippen LogP contribution in [0.2, 0.25) is 0 Å². The maximum atomic E-state index is 4.37. The minimum Gasteiger partial charge on any atom is -0.0990 e. The highest BCUT2D eigenvalue weighted by Crippen LogP contribution is 2.50. The van der Waals surface area contributed by atoms with Crippen LogP contribution in [0.15, 0.2) is 86.5 Å². The molecular formula is C25H20. The summed E-state index contributed by atoms with van der Waals surface area (Å²) in [4.78, 5) is 0. The molecule has 0 atom stereocenters. The zero-order valence-electron chi connectivity index (χ0n) is 14.5. The van der Waals surface area contributed by atoms with Crippen LogP contribution in [-0.2, 0) is 0 Å². The second kappa shape index (κ2) is 5.75. The van der Waals surface area contributed by atoms with Gasteiger partial charge in [0.25, 0.3) is 0 Å². The molecule has 1 aliphatic carbocycles. The fourth-order valence-electron chi connectivity index (χ4n) is 3.94. The third-order valence-corrected chi connectivity index (χ3v) is 4.97. The summed E-state index contributed by atoms with van der Waals surface area (Å²) in [6.07, 6.45) is 8.13. The SMILES string of the molecule is C=CC=C(C=CC)c1c2c3c(cccc3c3ccccc13)C(=C)C2=C. The number of allylic oxidation sites excluding steroid dienone is 7. The molecule has 120 valence electrons. The number of rotatable bonds is 3. The van der Waals surface area contributed by atoms with Gasteiger partial charge in [-0.1, -0.05) is 86.5 Å². The van der Waals surface area contributed by atoms with Gasteiger partial charge in [0.1, 0.15) is 0 Å². The Hall–Kier alpha value is -3.12. The molecule has 1 aliphatic rings. The van der Waals surface area contributed by atoms with Crippen LogP contribution in [0.1, 0.15) is 23.6 Å². The van der Waals surface area contributed by atoms with Gasteiger partial charge in [-0.25, -0.2) is 0 Å². The van der Waals surface area contributed by atoms with Gasteiger partial charge in [-0.3, -0.25) is 0 Å². The average Bonchev–Trinajstić information content (AvgIpc) is 2.89. The van der Waals surface area contributed by atoms with E-state index in [-0.39, 0.29) is 0 Å². The largest absolute Gasteiger partial charge is 0.0990 e. The van der Waals surface area contributed by atoms with Crippen molar-refractivity contribution < 1.29 is 0 Å². The molecule has 0 fully saturated rings. The number of fused-ring (bicyclic) bond motifs is 2. The number of benzene rings is 3. The first-order chi connectivity index (χ1) is 12.2. The van der Waals surface area contributed by atoms with Crippen molar-refractivity contribution in [2.45, 2.75) is 6.92 Å². The number of hydrogen-bond acceptors (Lipinski definition) is 0. The Kier molecular flexibility index (Phi) is 3.54. The van der Waals surface area contributed by atoms with Crippen molar-refractivity contribution in [3.63, 3.8) is 0 Å². The van der Waals surface area contributed by atoms with Crippen molar-refractivity contribution in [3.05, 3.63) is 103 Å². The molecule has 0 N–H and O–H groups in total. The zero-order valence-corrected chi connectivity index (χ0v) is 14.5. The van der Waals surface area contributed by atoms with Gasteiger partial charge in [-0.2, -0.15) is 0 Å². The lowest BCUT2D eigenvalue weighted by Crippen LogP contribution is -1.93. The fourth-order valence-corrected chi connectivity index (χ4v) is 3.94. The Morgan fingerprint density at radius 2 is 1.60 bits per heavy atom. The van der Waals surface area contributed by atoms with E-state index in [0.29, 0.717) is 0 Å². The van der Waals surface area contributed by atoms with Crippen molar-refractivity contribution in [3.8, 4) is 0 Å². The van der Waals surface area contributed by atoms with Crippen LogP contribution in [0.25, 0.3) is 38.3 Å². The zero-order chi connectivity index (χ0) is 17.6. The van der Waals surface area contributed by atoms with Gasteiger partial charge in [0.05, 0.1) is 0 Å². The molecule has 0 saturated carbocycles. The Morgan fingerprint density at radius 1 is 0.880 bits per heavy atom. The highest BCUT2D eigenvalue weighted by Gasteiger charge is 2.27. The van der Waals surface area contributed by atoms with E-state index >= 15 is 0 Å². The van der Waals surface area contributed by atoms with Crippen molar-refractivity contribution >= 4 is 38.3 Å². The Balaban J connectivity index is 2.32. The molecule has 0 spiro atoms. The van der Waals surface area contributed by atoms with Gasteiger partial charge in [-0.05, 0) is 61.9 Å². The van der Waals surface area contributed by atoms with Gasteiger partial charge in [0.2, 0.25) is 0 Å². The van der Waals surface area contributed by atoms with E-state index in [1.807, 2.05) is 13.0 Å². The van der Waals surface area contributed by atoms with E-state index in [4.69, 9.17) is 0 Å². The van der Waals surface area contributed by atoms with Gasteiger partial charge in [0.15, 0.2) is 0 Å². The van der Waals surface area contributed by atoms with E-state index in [0.717, 1.165) is 16.7 Å². The highest BCUT2D eigenvalue weighted by molar-refractivity contribution is 6.29. The normalized spacial score (nSPS) is 14.2. The third kappa shape index (κ3) is 2.08. The first-order valence-electron chi connectivity index (χ1n) is 8.51. The van der Waals surface area contributed by atoms with Gasteiger partial charge in [-0.15, -0.1) is 0 Å². The minimum atomic E-state index is 1.02. The quantitative estimate of drug-likeness (QED) is 0.354. The molecule has 0 aliphatic heterocycles. The molecule has 3 aromatic carbocycles. The summed E-state index contributed by atoms with van der Waals surface area (Å²) in [6, 6.07) is 15.1. The van der Waals surface area contributed by atoms with Crippen molar-refractivity contribution in [1.82, 2.24) is 0 Å². The van der Waals surface area contributed by atoms with Gasteiger partial charge >= 0.3 is 0 Å². The summed E-state index contributed by atoms with van der Waals surface area (Å²) in [6.45, 7) is 14.6. The summed E-state index contributed by atoms with van der Waals surface area (Å²) in [5.41, 5.74) is 6.82. The molecule has 0 amide bonds. The minimum absolute atomic E-state index is 1.02. The monoisotopic (exact) mass is 320 g/mol. The lowest BCUT2D eigenvalue weighted by molar-refractivity contribution is 1.65. The summed E-state index contributed by atoms with van der Waals surface area (Å²) >= 11 is 0. The molecule has 0 radical (unpaired) electrons. The van der Waals surface area contributed by atoms with Gasteiger partial charge < -0.3 is 0 Å². The first kappa shape index (κ1) is 15.4. The van der Waals surface area contributed by atoms with E-state index < -0.39 is 0 Å². The maximum Gasteiger partial charge on any atom is -0.00140 e. The molecule has 0 heteroatoms. The third-order valence-electron chi connectivity index (χ3n) is 4.97. The van der Waals surface area contributed by atoms with Crippen LogP contribution in [0.4, 0.5) is 0 Å². The van der Waals surface area contributed by atoms with E-state index in [1.54, 1.807) is 0 Å². The summed E-state index contributed by atoms with van der Waals surface area (Å²) in [7, 11) is 0. The molecule has 4 rings (SSSR count). The molecular weight excluding hydrogens is 300 g/mol. The molecule has 0 nitrogen and oxygen atoms in total. The smallest absolute Gasteiger partial charge is 0.00140 e. The summed E-state index contributed by atoms with van der Waals surface area (Å²) in [5, 5.41) is 5.04. The van der Waals surface area contributed by atoms with Gasteiger partial charge in [0, 0.05) is 0 Å². The van der Waals surface area contributed by atoms with Crippen molar-refractivity contribution in [2.24, 2.45) is 0 Å².